The fourth-order valence-corrected chi connectivity index (χ4v) is 5.14. The van der Waals surface area contributed by atoms with E-state index in [-0.39, 0.29) is 5.91 Å². The van der Waals surface area contributed by atoms with Crippen LogP contribution in [-0.4, -0.2) is 31.7 Å². The molecule has 0 unspecified atom stereocenters. The Morgan fingerprint density at radius 3 is 2.56 bits per heavy atom. The van der Waals surface area contributed by atoms with Gasteiger partial charge in [0.25, 0.3) is 10.0 Å². The molecule has 0 atom stereocenters. The van der Waals surface area contributed by atoms with Crippen LogP contribution in [0.1, 0.15) is 17.5 Å². The van der Waals surface area contributed by atoms with E-state index >= 15 is 0 Å². The zero-order chi connectivity index (χ0) is 17.4. The lowest BCUT2D eigenvalue weighted by molar-refractivity contribution is -0.117. The Morgan fingerprint density at radius 1 is 1.04 bits per heavy atom. The third kappa shape index (κ3) is 2.62. The summed E-state index contributed by atoms with van der Waals surface area (Å²) in [7, 11) is -3.52. The number of carbonyl (C=O) groups is 1. The van der Waals surface area contributed by atoms with E-state index in [1.165, 1.54) is 4.31 Å². The molecule has 0 spiro atoms. The first-order chi connectivity index (χ1) is 12.1. The van der Waals surface area contributed by atoms with Crippen LogP contribution < -0.4 is 5.32 Å². The summed E-state index contributed by atoms with van der Waals surface area (Å²) in [6.45, 7) is 0.849. The lowest BCUT2D eigenvalue weighted by atomic mass is 10.1. The minimum Gasteiger partial charge on any atom is -0.352 e. The molecule has 0 saturated heterocycles. The first-order valence-electron chi connectivity index (χ1n) is 8.26. The Morgan fingerprint density at radius 2 is 1.76 bits per heavy atom. The molecule has 0 saturated carbocycles. The number of carbonyl (C=O) groups excluding carboxylic acids is 1. The van der Waals surface area contributed by atoms with Crippen molar-refractivity contribution in [2.75, 3.05) is 13.1 Å². The molecule has 2 aliphatic rings. The van der Waals surface area contributed by atoms with Crippen LogP contribution in [0.25, 0.3) is 5.70 Å². The maximum Gasteiger partial charge on any atom is 0.265 e. The summed E-state index contributed by atoms with van der Waals surface area (Å²) in [5, 5.41) is 2.93. The number of hydrogen-bond donors (Lipinski definition) is 1. The minimum absolute atomic E-state index is 0.180. The third-order valence-electron chi connectivity index (χ3n) is 4.63. The maximum atomic E-state index is 12.6. The smallest absolute Gasteiger partial charge is 0.265 e. The summed E-state index contributed by atoms with van der Waals surface area (Å²) in [6.07, 6.45) is 1.19. The van der Waals surface area contributed by atoms with Gasteiger partial charge in [-0.15, -0.1) is 0 Å². The Hall–Kier alpha value is -2.60. The van der Waals surface area contributed by atoms with Gasteiger partial charge < -0.3 is 5.32 Å². The van der Waals surface area contributed by atoms with Crippen molar-refractivity contribution in [1.29, 1.82) is 0 Å². The van der Waals surface area contributed by atoms with Crippen LogP contribution in [0.15, 0.2) is 65.1 Å². The van der Waals surface area contributed by atoms with Crippen LogP contribution in [0.3, 0.4) is 0 Å². The fraction of sp³-hybridized carbons (Fsp3) is 0.211. The monoisotopic (exact) mass is 354 g/mol. The van der Waals surface area contributed by atoms with E-state index in [1.807, 2.05) is 30.3 Å². The van der Waals surface area contributed by atoms with Crippen LogP contribution in [0.2, 0.25) is 0 Å². The number of nitrogens with one attached hydrogen (secondary N) is 1. The standard InChI is InChI=1S/C19H18N2O3S/c22-19(20-12-10-14-6-2-1-3-7-14)16-11-13-21-18(16)15-8-4-5-9-17(15)25(21,23)24/h1-9H,10-13H2,(H,20,22). The highest BCUT2D eigenvalue weighted by molar-refractivity contribution is 7.90. The minimum atomic E-state index is -3.52. The predicted molar refractivity (Wildman–Crippen MR) is 95.0 cm³/mol. The van der Waals surface area contributed by atoms with Crippen LogP contribution in [-0.2, 0) is 21.2 Å². The molecular formula is C19H18N2O3S. The molecule has 2 aromatic rings. The first kappa shape index (κ1) is 15.9. The normalized spacial score (nSPS) is 17.4. The highest BCUT2D eigenvalue weighted by atomic mass is 32.2. The average molecular weight is 354 g/mol. The lowest BCUT2D eigenvalue weighted by Crippen LogP contribution is -2.27. The van der Waals surface area contributed by atoms with Gasteiger partial charge in [0, 0.05) is 24.2 Å². The highest BCUT2D eigenvalue weighted by Crippen LogP contribution is 2.44. The van der Waals surface area contributed by atoms with Gasteiger partial charge in [0.2, 0.25) is 5.91 Å². The Labute approximate surface area is 147 Å². The van der Waals surface area contributed by atoms with Gasteiger partial charge in [0.1, 0.15) is 0 Å². The number of fused-ring (bicyclic) bond motifs is 3. The van der Waals surface area contributed by atoms with Crippen molar-refractivity contribution < 1.29 is 13.2 Å². The number of sulfonamides is 1. The quantitative estimate of drug-likeness (QED) is 0.915. The van der Waals surface area contributed by atoms with E-state index < -0.39 is 10.0 Å². The SMILES string of the molecule is O=C(NCCc1ccccc1)C1=C2c3ccccc3S(=O)(=O)N2CC1. The molecule has 2 aromatic carbocycles. The zero-order valence-corrected chi connectivity index (χ0v) is 14.4. The van der Waals surface area contributed by atoms with Crippen molar-refractivity contribution in [2.24, 2.45) is 0 Å². The van der Waals surface area contributed by atoms with Crippen LogP contribution in [0.5, 0.6) is 0 Å². The van der Waals surface area contributed by atoms with Gasteiger partial charge in [0.15, 0.2) is 0 Å². The van der Waals surface area contributed by atoms with Crippen LogP contribution in [0, 0.1) is 0 Å². The zero-order valence-electron chi connectivity index (χ0n) is 13.6. The van der Waals surface area contributed by atoms with Crippen LogP contribution in [0.4, 0.5) is 0 Å². The van der Waals surface area contributed by atoms with E-state index in [0.717, 1.165) is 12.0 Å². The van der Waals surface area contributed by atoms with Gasteiger partial charge in [-0.1, -0.05) is 48.5 Å². The van der Waals surface area contributed by atoms with Crippen molar-refractivity contribution in [3.8, 4) is 0 Å². The number of amides is 1. The molecule has 0 bridgehead atoms. The first-order valence-corrected chi connectivity index (χ1v) is 9.70. The Bertz CT molecular complexity index is 965. The molecule has 1 amide bonds. The molecule has 6 heteroatoms. The van der Waals surface area contributed by atoms with Gasteiger partial charge in [-0.05, 0) is 24.5 Å². The molecule has 2 aliphatic heterocycles. The average Bonchev–Trinajstić information content (AvgIpc) is 3.16. The topological polar surface area (TPSA) is 66.5 Å². The summed E-state index contributed by atoms with van der Waals surface area (Å²) < 4.78 is 26.6. The summed E-state index contributed by atoms with van der Waals surface area (Å²) in [6, 6.07) is 16.8. The molecule has 25 heavy (non-hydrogen) atoms. The van der Waals surface area contributed by atoms with Gasteiger partial charge in [0.05, 0.1) is 10.6 Å². The number of benzene rings is 2. The van der Waals surface area contributed by atoms with Gasteiger partial charge >= 0.3 is 0 Å². The van der Waals surface area contributed by atoms with Gasteiger partial charge in [-0.25, -0.2) is 8.42 Å². The second-order valence-electron chi connectivity index (χ2n) is 6.14. The molecule has 0 aliphatic carbocycles. The van der Waals surface area contributed by atoms with E-state index in [2.05, 4.69) is 5.32 Å². The van der Waals surface area contributed by atoms with E-state index in [9.17, 15) is 13.2 Å². The fourth-order valence-electron chi connectivity index (χ4n) is 3.43. The second kappa shape index (κ2) is 6.04. The van der Waals surface area contributed by atoms with Crippen molar-refractivity contribution in [3.05, 3.63) is 71.3 Å². The van der Waals surface area contributed by atoms with E-state index in [4.69, 9.17) is 0 Å². The number of nitrogens with zero attached hydrogens (tertiary/aromatic N) is 1. The summed E-state index contributed by atoms with van der Waals surface area (Å²) >= 11 is 0. The molecule has 5 nitrogen and oxygen atoms in total. The predicted octanol–water partition coefficient (Wildman–Crippen LogP) is 2.16. The molecule has 0 fully saturated rings. The highest BCUT2D eigenvalue weighted by Gasteiger charge is 2.43. The van der Waals surface area contributed by atoms with Crippen molar-refractivity contribution in [3.63, 3.8) is 0 Å². The summed E-state index contributed by atoms with van der Waals surface area (Å²) in [5.41, 5.74) is 2.89. The maximum absolute atomic E-state index is 12.6. The lowest BCUT2D eigenvalue weighted by Gasteiger charge is -2.12. The van der Waals surface area contributed by atoms with Gasteiger partial charge in [-0.3, -0.25) is 9.10 Å². The van der Waals surface area contributed by atoms with Crippen molar-refractivity contribution in [2.45, 2.75) is 17.7 Å². The molecule has 1 N–H and O–H groups in total. The molecular weight excluding hydrogens is 336 g/mol. The second-order valence-corrected chi connectivity index (χ2v) is 7.97. The Balaban J connectivity index is 1.57. The molecule has 0 aromatic heterocycles. The van der Waals surface area contributed by atoms with Gasteiger partial charge in [-0.2, -0.15) is 0 Å². The summed E-state index contributed by atoms with van der Waals surface area (Å²) in [4.78, 5) is 12.9. The summed E-state index contributed by atoms with van der Waals surface area (Å²) in [5.74, 6) is -0.180. The third-order valence-corrected chi connectivity index (χ3v) is 6.48. The number of hydrogen-bond acceptors (Lipinski definition) is 3. The van der Waals surface area contributed by atoms with Crippen LogP contribution >= 0.6 is 0 Å². The van der Waals surface area contributed by atoms with Crippen molar-refractivity contribution >= 4 is 21.6 Å². The Kier molecular flexibility index (Phi) is 3.84. The largest absolute Gasteiger partial charge is 0.352 e. The molecule has 0 radical (unpaired) electrons. The van der Waals surface area contributed by atoms with E-state index in [1.54, 1.807) is 24.3 Å². The molecule has 4 rings (SSSR count). The van der Waals surface area contributed by atoms with Crippen molar-refractivity contribution in [1.82, 2.24) is 9.62 Å². The molecule has 2 heterocycles. The number of rotatable bonds is 4. The molecule has 128 valence electrons. The van der Waals surface area contributed by atoms with E-state index in [0.29, 0.717) is 41.2 Å².